The molecule has 0 radical (unpaired) electrons. The van der Waals surface area contributed by atoms with Gasteiger partial charge in [0, 0.05) is 110 Å². The van der Waals surface area contributed by atoms with Crippen LogP contribution in [-0.2, 0) is 69.1 Å². The van der Waals surface area contributed by atoms with Crippen LogP contribution in [0.3, 0.4) is 0 Å². The number of carboxylic acid groups (broad SMARTS) is 3. The minimum atomic E-state index is -2.89. The number of halogens is 2. The molecule has 85 heavy (non-hydrogen) atoms. The van der Waals surface area contributed by atoms with E-state index in [9.17, 15) is 51.9 Å². The average molecular weight is 1190 g/mol. The Kier molecular flexibility index (Phi) is 30.5. The van der Waals surface area contributed by atoms with Gasteiger partial charge in [-0.1, -0.05) is 61.9 Å². The van der Waals surface area contributed by atoms with Crippen molar-refractivity contribution < 1.29 is 67.3 Å². The van der Waals surface area contributed by atoms with Crippen LogP contribution in [-0.4, -0.2) is 240 Å². The molecule has 3 atom stereocenters. The third-order valence-corrected chi connectivity index (χ3v) is 15.7. The molecule has 0 aliphatic carbocycles. The SMILES string of the molecule is CC.CNCCC(NC(=O)CCCc1ccc(C)cc1)C(=O)N1CCC(Cc2cccc3c2CN(C(=O)CC2CCNC2=O)C3)CC1.N#CC1CC(F)(F)CN1C=O.O=CCN1CCN(CC(=O)O)CCN(CC(=O)O)CCN(CC(=O)O)CC1. The van der Waals surface area contributed by atoms with Gasteiger partial charge in [-0.25, -0.2) is 8.78 Å². The number of benzene rings is 2. The lowest BCUT2D eigenvalue weighted by Crippen LogP contribution is -2.51. The number of carboxylic acids is 3. The summed E-state index contributed by atoms with van der Waals surface area (Å²) in [5.74, 6) is -5.57. The van der Waals surface area contributed by atoms with Gasteiger partial charge in [0.05, 0.1) is 38.8 Å². The van der Waals surface area contributed by atoms with Gasteiger partial charge >= 0.3 is 17.9 Å². The standard InChI is InChI=1S/C36H49N5O4.C16H28N4O7.C6H6F2N2O.C2H6/c1-25-9-11-26(12-10-25)5-3-8-33(42)39-32(14-17-37-2)36(45)40-19-15-27(16-20-40)21-28-6-4-7-30-23-41(24-31(28)30)34(43)22-29-13-18-38-35(29)44;21-10-9-17-1-3-18(11-14(22)23)5-7-20(13-16(26)27)8-6-19(4-2-17)12-15(24)25;7-6(8)1-5(2-9)10(3-6)4-11;1-2/h4,6-7,9-12,27,29,32,37H,3,5,8,13-24H2,1-2H3,(H,38,44)(H,39,42);10H,1-9,11-13H2,(H,22,23)(H,24,25)(H,26,27);4-5H,1,3H2;1-2H3. The Labute approximate surface area is 498 Å². The molecule has 4 saturated heterocycles. The first-order valence-corrected chi connectivity index (χ1v) is 29.6. The van der Waals surface area contributed by atoms with Gasteiger partial charge in [0.15, 0.2) is 0 Å². The van der Waals surface area contributed by atoms with Crippen LogP contribution in [0.5, 0.6) is 0 Å². The molecule has 5 heterocycles. The predicted molar refractivity (Wildman–Crippen MR) is 312 cm³/mol. The Hall–Kier alpha value is -6.98. The van der Waals surface area contributed by atoms with Crippen LogP contribution in [0.4, 0.5) is 8.78 Å². The highest BCUT2D eigenvalue weighted by atomic mass is 19.3. The van der Waals surface area contributed by atoms with Gasteiger partial charge < -0.3 is 50.8 Å². The van der Waals surface area contributed by atoms with E-state index < -0.39 is 48.9 Å². The third-order valence-electron chi connectivity index (χ3n) is 15.7. The smallest absolute Gasteiger partial charge is 0.317 e. The van der Waals surface area contributed by atoms with Crippen molar-refractivity contribution in [3.8, 4) is 6.07 Å². The summed E-state index contributed by atoms with van der Waals surface area (Å²) in [6.45, 7) is 12.2. The van der Waals surface area contributed by atoms with E-state index in [1.54, 1.807) is 20.8 Å². The Morgan fingerprint density at radius 1 is 0.800 bits per heavy atom. The van der Waals surface area contributed by atoms with Crippen molar-refractivity contribution in [1.82, 2.24) is 50.2 Å². The number of likely N-dealkylation sites (tertiary alicyclic amines) is 2. The topological polar surface area (TPSA) is 297 Å². The monoisotopic (exact) mass is 1190 g/mol. The quantitative estimate of drug-likeness (QED) is 0.0922. The van der Waals surface area contributed by atoms with Crippen molar-refractivity contribution in [3.05, 3.63) is 70.3 Å². The maximum Gasteiger partial charge on any atom is 0.317 e. The maximum atomic E-state index is 13.6. The molecule has 0 bridgehead atoms. The van der Waals surface area contributed by atoms with Crippen molar-refractivity contribution in [2.24, 2.45) is 11.8 Å². The van der Waals surface area contributed by atoms with Gasteiger partial charge in [-0.2, -0.15) is 5.26 Å². The summed E-state index contributed by atoms with van der Waals surface area (Å²) in [6, 6.07) is 14.9. The van der Waals surface area contributed by atoms with Crippen LogP contribution in [0.25, 0.3) is 0 Å². The molecular formula is C60H89F2N11O12. The van der Waals surface area contributed by atoms with Gasteiger partial charge in [0.2, 0.25) is 30.0 Å². The number of piperidine rings is 1. The second-order valence-corrected chi connectivity index (χ2v) is 22.1. The molecule has 0 saturated carbocycles. The second-order valence-electron chi connectivity index (χ2n) is 22.1. The number of carbonyl (C=O) groups excluding carboxylic acids is 6. The lowest BCUT2D eigenvalue weighted by Gasteiger charge is -2.35. The summed E-state index contributed by atoms with van der Waals surface area (Å²) in [4.78, 5) is 117. The highest BCUT2D eigenvalue weighted by molar-refractivity contribution is 5.88. The first-order valence-electron chi connectivity index (χ1n) is 29.6. The van der Waals surface area contributed by atoms with Gasteiger partial charge in [0.25, 0.3) is 5.92 Å². The Morgan fingerprint density at radius 3 is 1.87 bits per heavy atom. The number of nitriles is 1. The van der Waals surface area contributed by atoms with Crippen LogP contribution in [0.1, 0.15) is 93.0 Å². The number of aldehydes is 1. The minimum absolute atomic E-state index is 0.00445. The fourth-order valence-electron chi connectivity index (χ4n) is 10.9. The predicted octanol–water partition coefficient (Wildman–Crippen LogP) is 2.32. The molecule has 4 fully saturated rings. The van der Waals surface area contributed by atoms with Gasteiger partial charge in [-0.05, 0) is 93.6 Å². The molecule has 0 spiro atoms. The Morgan fingerprint density at radius 2 is 1.38 bits per heavy atom. The molecule has 25 heteroatoms. The van der Waals surface area contributed by atoms with Crippen LogP contribution in [0.15, 0.2) is 42.5 Å². The number of aliphatic carboxylic acids is 3. The van der Waals surface area contributed by atoms with Crippen molar-refractivity contribution in [1.29, 1.82) is 5.26 Å². The van der Waals surface area contributed by atoms with Crippen LogP contribution in [0, 0.1) is 30.1 Å². The summed E-state index contributed by atoms with van der Waals surface area (Å²) in [5.41, 5.74) is 6.18. The largest absolute Gasteiger partial charge is 0.480 e. The number of nitrogens with one attached hydrogen (secondary N) is 3. The normalized spacial score (nSPS) is 20.0. The average Bonchev–Trinajstić information content (AvgIpc) is 4.36. The van der Waals surface area contributed by atoms with E-state index in [-0.39, 0.29) is 68.6 Å². The van der Waals surface area contributed by atoms with Gasteiger partial charge in [-0.3, -0.25) is 58.0 Å². The summed E-state index contributed by atoms with van der Waals surface area (Å²) >= 11 is 0. The molecule has 6 N–H and O–H groups in total. The minimum Gasteiger partial charge on any atom is -0.480 e. The van der Waals surface area contributed by atoms with E-state index >= 15 is 0 Å². The number of alkyl halides is 2. The van der Waals surface area contributed by atoms with Crippen LogP contribution >= 0.6 is 0 Å². The molecule has 470 valence electrons. The molecule has 5 aliphatic rings. The number of rotatable bonds is 22. The number of aryl methyl sites for hydroxylation is 2. The zero-order valence-electron chi connectivity index (χ0n) is 49.9. The number of amides is 5. The first kappa shape index (κ1) is 70.5. The zero-order valence-corrected chi connectivity index (χ0v) is 49.9. The number of fused-ring (bicyclic) bond motifs is 1. The highest BCUT2D eigenvalue weighted by Gasteiger charge is 2.44. The second kappa shape index (κ2) is 36.8. The molecule has 2 aromatic carbocycles. The van der Waals surface area contributed by atoms with E-state index in [4.69, 9.17) is 20.6 Å². The fourth-order valence-corrected chi connectivity index (χ4v) is 10.9. The molecule has 2 aromatic rings. The lowest BCUT2D eigenvalue weighted by molar-refractivity contribution is -0.140. The number of hydrogen-bond acceptors (Lipinski definition) is 15. The van der Waals surface area contributed by atoms with Crippen molar-refractivity contribution in [2.75, 3.05) is 118 Å². The molecule has 23 nitrogen and oxygen atoms in total. The van der Waals surface area contributed by atoms with E-state index in [1.165, 1.54) is 27.8 Å². The Balaban J connectivity index is 0.000000326. The van der Waals surface area contributed by atoms with E-state index in [0.29, 0.717) is 110 Å². The number of nitrogens with zero attached hydrogens (tertiary/aromatic N) is 8. The molecular weight excluding hydrogens is 1100 g/mol. The van der Waals surface area contributed by atoms with Crippen LogP contribution < -0.4 is 16.0 Å². The zero-order chi connectivity index (χ0) is 62.5. The van der Waals surface area contributed by atoms with E-state index in [2.05, 4.69) is 65.3 Å². The summed E-state index contributed by atoms with van der Waals surface area (Å²) in [5, 5.41) is 44.5. The van der Waals surface area contributed by atoms with Crippen LogP contribution in [0.2, 0.25) is 0 Å². The van der Waals surface area contributed by atoms with Crippen molar-refractivity contribution in [2.45, 2.75) is 116 Å². The number of carbonyl (C=O) groups is 9. The van der Waals surface area contributed by atoms with Gasteiger partial charge in [-0.15, -0.1) is 0 Å². The summed E-state index contributed by atoms with van der Waals surface area (Å²) < 4.78 is 24.9. The van der Waals surface area contributed by atoms with Gasteiger partial charge in [0.1, 0.15) is 18.4 Å². The third kappa shape index (κ3) is 24.9. The molecule has 7 rings (SSSR count). The summed E-state index contributed by atoms with van der Waals surface area (Å²) in [6.07, 6.45) is 6.85. The first-order chi connectivity index (χ1) is 40.7. The lowest BCUT2D eigenvalue weighted by atomic mass is 9.87. The van der Waals surface area contributed by atoms with E-state index in [1.807, 2.05) is 35.6 Å². The Bertz CT molecular complexity index is 2520. The summed E-state index contributed by atoms with van der Waals surface area (Å²) in [7, 11) is 1.86. The number of hydrogen-bond donors (Lipinski definition) is 6. The maximum absolute atomic E-state index is 13.6. The molecule has 5 amide bonds. The van der Waals surface area contributed by atoms with E-state index in [0.717, 1.165) is 49.7 Å². The molecule has 3 unspecified atom stereocenters. The van der Waals surface area contributed by atoms with Crippen molar-refractivity contribution >= 4 is 54.2 Å². The fraction of sp³-hybridized carbons (Fsp3) is 0.633. The van der Waals surface area contributed by atoms with Crippen molar-refractivity contribution in [3.63, 3.8) is 0 Å². The molecule has 0 aromatic heterocycles. The molecule has 5 aliphatic heterocycles. The highest BCUT2D eigenvalue weighted by Crippen LogP contribution is 2.32.